The van der Waals surface area contributed by atoms with Gasteiger partial charge in [0.05, 0.1) is 0 Å². The SMILES string of the molecule is C=CCNC(=O)CCNC(=O)c1cccc(C)c1. The minimum Gasteiger partial charge on any atom is -0.353 e. The van der Waals surface area contributed by atoms with Gasteiger partial charge in [-0.2, -0.15) is 0 Å². The molecule has 4 heteroatoms. The van der Waals surface area contributed by atoms with Gasteiger partial charge in [0, 0.05) is 25.1 Å². The first-order chi connectivity index (χ1) is 8.63. The molecule has 0 spiro atoms. The van der Waals surface area contributed by atoms with Crippen LogP contribution in [0.3, 0.4) is 0 Å². The van der Waals surface area contributed by atoms with Gasteiger partial charge in [0.15, 0.2) is 0 Å². The Morgan fingerprint density at radius 2 is 2.11 bits per heavy atom. The number of amides is 2. The second-order valence-electron chi connectivity index (χ2n) is 3.97. The monoisotopic (exact) mass is 246 g/mol. The van der Waals surface area contributed by atoms with Gasteiger partial charge in [0.2, 0.25) is 5.91 Å². The third-order valence-electron chi connectivity index (χ3n) is 2.36. The zero-order valence-corrected chi connectivity index (χ0v) is 10.5. The van der Waals surface area contributed by atoms with E-state index in [0.29, 0.717) is 18.7 Å². The van der Waals surface area contributed by atoms with Crippen molar-refractivity contribution in [3.05, 3.63) is 48.0 Å². The summed E-state index contributed by atoms with van der Waals surface area (Å²) in [5, 5.41) is 5.35. The summed E-state index contributed by atoms with van der Waals surface area (Å²) in [6.45, 7) is 6.21. The van der Waals surface area contributed by atoms with Crippen molar-refractivity contribution in [1.29, 1.82) is 0 Å². The number of carbonyl (C=O) groups is 2. The summed E-state index contributed by atoms with van der Waals surface area (Å²) < 4.78 is 0. The van der Waals surface area contributed by atoms with E-state index >= 15 is 0 Å². The van der Waals surface area contributed by atoms with Crippen molar-refractivity contribution in [2.24, 2.45) is 0 Å². The number of carbonyl (C=O) groups excluding carboxylic acids is 2. The highest BCUT2D eigenvalue weighted by Gasteiger charge is 2.05. The predicted octanol–water partition coefficient (Wildman–Crippen LogP) is 1.42. The summed E-state index contributed by atoms with van der Waals surface area (Å²) in [4.78, 5) is 23.0. The first-order valence-electron chi connectivity index (χ1n) is 5.86. The molecular weight excluding hydrogens is 228 g/mol. The quantitative estimate of drug-likeness (QED) is 0.746. The third-order valence-corrected chi connectivity index (χ3v) is 2.36. The molecule has 0 aliphatic carbocycles. The Balaban J connectivity index is 2.33. The van der Waals surface area contributed by atoms with Crippen molar-refractivity contribution in [3.8, 4) is 0 Å². The third kappa shape index (κ3) is 4.82. The van der Waals surface area contributed by atoms with Crippen LogP contribution in [0.1, 0.15) is 22.3 Å². The van der Waals surface area contributed by atoms with E-state index in [1.807, 2.05) is 25.1 Å². The Labute approximate surface area is 107 Å². The average Bonchev–Trinajstić information content (AvgIpc) is 2.36. The van der Waals surface area contributed by atoms with Gasteiger partial charge in [-0.15, -0.1) is 6.58 Å². The normalized spacial score (nSPS) is 9.61. The molecule has 1 aromatic carbocycles. The molecule has 0 heterocycles. The lowest BCUT2D eigenvalue weighted by molar-refractivity contribution is -0.120. The van der Waals surface area contributed by atoms with Crippen LogP contribution in [-0.4, -0.2) is 24.9 Å². The zero-order chi connectivity index (χ0) is 13.4. The lowest BCUT2D eigenvalue weighted by atomic mass is 10.1. The Morgan fingerprint density at radius 1 is 1.33 bits per heavy atom. The molecule has 1 rings (SSSR count). The fraction of sp³-hybridized carbons (Fsp3) is 0.286. The Hall–Kier alpha value is -2.10. The summed E-state index contributed by atoms with van der Waals surface area (Å²) >= 11 is 0. The summed E-state index contributed by atoms with van der Waals surface area (Å²) in [6, 6.07) is 7.33. The molecule has 0 radical (unpaired) electrons. The summed E-state index contributed by atoms with van der Waals surface area (Å²) in [7, 11) is 0. The van der Waals surface area contributed by atoms with Crippen LogP contribution in [0.5, 0.6) is 0 Å². The predicted molar refractivity (Wildman–Crippen MR) is 71.3 cm³/mol. The number of hydrogen-bond donors (Lipinski definition) is 2. The molecule has 1 aromatic rings. The van der Waals surface area contributed by atoms with E-state index in [1.54, 1.807) is 12.1 Å². The number of aryl methyl sites for hydroxylation is 1. The summed E-state index contributed by atoms with van der Waals surface area (Å²) in [6.07, 6.45) is 1.88. The Bertz CT molecular complexity index is 441. The number of rotatable bonds is 6. The van der Waals surface area contributed by atoms with E-state index in [-0.39, 0.29) is 18.2 Å². The minimum absolute atomic E-state index is 0.0977. The van der Waals surface area contributed by atoms with E-state index in [4.69, 9.17) is 0 Å². The van der Waals surface area contributed by atoms with Crippen LogP contribution in [0.2, 0.25) is 0 Å². The van der Waals surface area contributed by atoms with E-state index in [2.05, 4.69) is 17.2 Å². The van der Waals surface area contributed by atoms with Crippen LogP contribution < -0.4 is 10.6 Å². The van der Waals surface area contributed by atoms with Gasteiger partial charge in [-0.25, -0.2) is 0 Å². The molecule has 2 amide bonds. The van der Waals surface area contributed by atoms with Gasteiger partial charge in [0.1, 0.15) is 0 Å². The zero-order valence-electron chi connectivity index (χ0n) is 10.5. The Kier molecular flexibility index (Phi) is 5.64. The highest BCUT2D eigenvalue weighted by atomic mass is 16.2. The molecular formula is C14H18N2O2. The topological polar surface area (TPSA) is 58.2 Å². The highest BCUT2D eigenvalue weighted by molar-refractivity contribution is 5.94. The fourth-order valence-corrected chi connectivity index (χ4v) is 1.45. The fourth-order valence-electron chi connectivity index (χ4n) is 1.45. The molecule has 0 fully saturated rings. The molecule has 18 heavy (non-hydrogen) atoms. The molecule has 0 saturated carbocycles. The molecule has 0 saturated heterocycles. The van der Waals surface area contributed by atoms with Crippen molar-refractivity contribution in [2.45, 2.75) is 13.3 Å². The van der Waals surface area contributed by atoms with Crippen LogP contribution >= 0.6 is 0 Å². The van der Waals surface area contributed by atoms with Gasteiger partial charge in [-0.3, -0.25) is 9.59 Å². The maximum Gasteiger partial charge on any atom is 0.251 e. The van der Waals surface area contributed by atoms with Crippen molar-refractivity contribution < 1.29 is 9.59 Å². The molecule has 0 aromatic heterocycles. The largest absolute Gasteiger partial charge is 0.353 e. The minimum atomic E-state index is -0.157. The first kappa shape index (κ1) is 14.0. The van der Waals surface area contributed by atoms with Crippen molar-refractivity contribution in [3.63, 3.8) is 0 Å². The lowest BCUT2D eigenvalue weighted by Crippen LogP contribution is -2.30. The van der Waals surface area contributed by atoms with Gasteiger partial charge in [-0.1, -0.05) is 23.8 Å². The van der Waals surface area contributed by atoms with E-state index < -0.39 is 0 Å². The maximum absolute atomic E-state index is 11.7. The summed E-state index contributed by atoms with van der Waals surface area (Å²) in [5.41, 5.74) is 1.65. The van der Waals surface area contributed by atoms with Crippen molar-refractivity contribution >= 4 is 11.8 Å². The maximum atomic E-state index is 11.7. The average molecular weight is 246 g/mol. The van der Waals surface area contributed by atoms with Gasteiger partial charge < -0.3 is 10.6 Å². The van der Waals surface area contributed by atoms with Gasteiger partial charge in [0.25, 0.3) is 5.91 Å². The summed E-state index contributed by atoms with van der Waals surface area (Å²) in [5.74, 6) is -0.255. The lowest BCUT2D eigenvalue weighted by Gasteiger charge is -2.06. The van der Waals surface area contributed by atoms with E-state index in [9.17, 15) is 9.59 Å². The van der Waals surface area contributed by atoms with Crippen LogP contribution in [-0.2, 0) is 4.79 Å². The smallest absolute Gasteiger partial charge is 0.251 e. The molecule has 4 nitrogen and oxygen atoms in total. The van der Waals surface area contributed by atoms with Crippen LogP contribution in [0.25, 0.3) is 0 Å². The van der Waals surface area contributed by atoms with Crippen LogP contribution in [0, 0.1) is 6.92 Å². The van der Waals surface area contributed by atoms with Gasteiger partial charge in [-0.05, 0) is 19.1 Å². The second kappa shape index (κ2) is 7.27. The first-order valence-corrected chi connectivity index (χ1v) is 5.86. The van der Waals surface area contributed by atoms with Crippen LogP contribution in [0.15, 0.2) is 36.9 Å². The molecule has 2 N–H and O–H groups in total. The van der Waals surface area contributed by atoms with Crippen molar-refractivity contribution in [2.75, 3.05) is 13.1 Å². The number of hydrogen-bond acceptors (Lipinski definition) is 2. The molecule has 0 aliphatic rings. The van der Waals surface area contributed by atoms with E-state index in [1.165, 1.54) is 0 Å². The Morgan fingerprint density at radius 3 is 2.78 bits per heavy atom. The number of benzene rings is 1. The molecule has 0 unspecified atom stereocenters. The highest BCUT2D eigenvalue weighted by Crippen LogP contribution is 2.03. The molecule has 0 aliphatic heterocycles. The standard InChI is InChI=1S/C14H18N2O2/c1-3-8-15-13(17)7-9-16-14(18)12-6-4-5-11(2)10-12/h3-6,10H,1,7-9H2,2H3,(H,15,17)(H,16,18). The van der Waals surface area contributed by atoms with E-state index in [0.717, 1.165) is 5.56 Å². The number of nitrogens with one attached hydrogen (secondary N) is 2. The molecule has 96 valence electrons. The second-order valence-corrected chi connectivity index (χ2v) is 3.97. The molecule has 0 atom stereocenters. The van der Waals surface area contributed by atoms with Crippen molar-refractivity contribution in [1.82, 2.24) is 10.6 Å². The van der Waals surface area contributed by atoms with Gasteiger partial charge >= 0.3 is 0 Å². The van der Waals surface area contributed by atoms with Crippen LogP contribution in [0.4, 0.5) is 0 Å². The molecule has 0 bridgehead atoms.